The molecular formula is C10H13ClO3. The van der Waals surface area contributed by atoms with Crippen molar-refractivity contribution in [2.75, 3.05) is 5.88 Å². The van der Waals surface area contributed by atoms with E-state index in [0.29, 0.717) is 6.42 Å². The zero-order chi connectivity index (χ0) is 10.8. The molecule has 0 N–H and O–H groups in total. The molecule has 0 aliphatic heterocycles. The molecule has 78 valence electrons. The van der Waals surface area contributed by atoms with Gasteiger partial charge in [-0.3, -0.25) is 9.59 Å². The van der Waals surface area contributed by atoms with Crippen molar-refractivity contribution < 1.29 is 14.3 Å². The highest BCUT2D eigenvalue weighted by Crippen LogP contribution is 2.29. The Hall–Kier alpha value is -0.830. The third-order valence-corrected chi connectivity index (χ3v) is 2.33. The number of esters is 1. The molecule has 0 heterocycles. The van der Waals surface area contributed by atoms with Gasteiger partial charge in [-0.25, -0.2) is 0 Å². The maximum atomic E-state index is 11.3. The fourth-order valence-electron chi connectivity index (χ4n) is 1.35. The molecule has 0 aromatic heterocycles. The molecule has 0 bridgehead atoms. The van der Waals surface area contributed by atoms with E-state index in [-0.39, 0.29) is 17.1 Å². The lowest BCUT2D eigenvalue weighted by molar-refractivity contribution is -0.152. The molecule has 3 nitrogen and oxygen atoms in total. The van der Waals surface area contributed by atoms with E-state index in [4.69, 9.17) is 16.3 Å². The average Bonchev–Trinajstić information content (AvgIpc) is 2.11. The second-order valence-corrected chi connectivity index (χ2v) is 4.31. The third kappa shape index (κ3) is 2.84. The monoisotopic (exact) mass is 216 g/mol. The zero-order valence-electron chi connectivity index (χ0n) is 8.25. The number of rotatable bonds is 2. The van der Waals surface area contributed by atoms with Crippen molar-refractivity contribution in [2.45, 2.75) is 26.4 Å². The lowest BCUT2D eigenvalue weighted by Gasteiger charge is -2.28. The van der Waals surface area contributed by atoms with Crippen LogP contribution in [0.4, 0.5) is 0 Å². The van der Waals surface area contributed by atoms with Crippen LogP contribution in [-0.4, -0.2) is 23.7 Å². The van der Waals surface area contributed by atoms with E-state index in [1.165, 1.54) is 6.08 Å². The van der Waals surface area contributed by atoms with E-state index in [1.54, 1.807) is 0 Å². The highest BCUT2D eigenvalue weighted by atomic mass is 35.5. The van der Waals surface area contributed by atoms with Crippen molar-refractivity contribution >= 4 is 23.4 Å². The number of hydrogen-bond acceptors (Lipinski definition) is 3. The number of halogens is 1. The summed E-state index contributed by atoms with van der Waals surface area (Å²) >= 11 is 5.29. The van der Waals surface area contributed by atoms with Crippen LogP contribution < -0.4 is 0 Å². The standard InChI is InChI=1S/C10H13ClO3/c1-10(2)4-3-7(12)8(5-10)14-9(13)6-11/h3-4,8H,5-6H2,1-2H3. The second kappa shape index (κ2) is 4.13. The molecule has 0 fully saturated rings. The van der Waals surface area contributed by atoms with Gasteiger partial charge in [0.2, 0.25) is 0 Å². The first-order chi connectivity index (χ1) is 6.44. The summed E-state index contributed by atoms with van der Waals surface area (Å²) < 4.78 is 4.92. The Labute approximate surface area is 88.1 Å². The van der Waals surface area contributed by atoms with Gasteiger partial charge < -0.3 is 4.74 Å². The van der Waals surface area contributed by atoms with E-state index in [1.807, 2.05) is 19.9 Å². The van der Waals surface area contributed by atoms with Crippen LogP contribution in [-0.2, 0) is 14.3 Å². The van der Waals surface area contributed by atoms with E-state index < -0.39 is 12.1 Å². The molecule has 0 spiro atoms. The smallest absolute Gasteiger partial charge is 0.321 e. The minimum Gasteiger partial charge on any atom is -0.453 e. The summed E-state index contributed by atoms with van der Waals surface area (Å²) in [6, 6.07) is 0. The molecule has 0 radical (unpaired) electrons. The van der Waals surface area contributed by atoms with Gasteiger partial charge in [0.25, 0.3) is 0 Å². The van der Waals surface area contributed by atoms with Crippen LogP contribution in [0.1, 0.15) is 20.3 Å². The van der Waals surface area contributed by atoms with Gasteiger partial charge in [-0.2, -0.15) is 0 Å². The molecule has 1 atom stereocenters. The Morgan fingerprint density at radius 2 is 2.36 bits per heavy atom. The molecule has 1 rings (SSSR count). The fraction of sp³-hybridized carbons (Fsp3) is 0.600. The first-order valence-electron chi connectivity index (χ1n) is 4.43. The highest BCUT2D eigenvalue weighted by Gasteiger charge is 2.31. The first kappa shape index (κ1) is 11.2. The second-order valence-electron chi connectivity index (χ2n) is 4.04. The minimum atomic E-state index is -0.666. The molecule has 0 amide bonds. The van der Waals surface area contributed by atoms with Crippen LogP contribution >= 0.6 is 11.6 Å². The first-order valence-corrected chi connectivity index (χ1v) is 4.96. The number of ketones is 1. The van der Waals surface area contributed by atoms with Crippen LogP contribution in [0.25, 0.3) is 0 Å². The Bertz CT molecular complexity index is 281. The fourth-order valence-corrected chi connectivity index (χ4v) is 1.41. The van der Waals surface area contributed by atoms with Crippen molar-refractivity contribution in [3.05, 3.63) is 12.2 Å². The van der Waals surface area contributed by atoms with Gasteiger partial charge in [0.1, 0.15) is 5.88 Å². The Balaban J connectivity index is 2.67. The van der Waals surface area contributed by atoms with Crippen LogP contribution in [0.3, 0.4) is 0 Å². The van der Waals surface area contributed by atoms with Crippen LogP contribution in [0.15, 0.2) is 12.2 Å². The number of hydrogen-bond donors (Lipinski definition) is 0. The van der Waals surface area contributed by atoms with Gasteiger partial charge in [-0.1, -0.05) is 19.9 Å². The zero-order valence-corrected chi connectivity index (χ0v) is 9.00. The molecule has 1 aliphatic carbocycles. The number of ether oxygens (including phenoxy) is 1. The molecule has 0 aromatic carbocycles. The SMILES string of the molecule is CC1(C)C=CC(=O)C(OC(=O)CCl)C1. The summed E-state index contributed by atoms with van der Waals surface area (Å²) in [4.78, 5) is 22.2. The molecule has 1 unspecified atom stereocenters. The summed E-state index contributed by atoms with van der Waals surface area (Å²) in [7, 11) is 0. The molecule has 1 aliphatic rings. The average molecular weight is 217 g/mol. The molecule has 0 aromatic rings. The van der Waals surface area contributed by atoms with E-state index in [0.717, 1.165) is 0 Å². The Morgan fingerprint density at radius 1 is 1.71 bits per heavy atom. The molecular weight excluding hydrogens is 204 g/mol. The predicted molar refractivity (Wildman–Crippen MR) is 53.1 cm³/mol. The lowest BCUT2D eigenvalue weighted by Crippen LogP contribution is -2.34. The summed E-state index contributed by atoms with van der Waals surface area (Å²) in [5.41, 5.74) is -0.106. The van der Waals surface area contributed by atoms with Gasteiger partial charge in [-0.05, 0) is 11.5 Å². The highest BCUT2D eigenvalue weighted by molar-refractivity contribution is 6.26. The number of alkyl halides is 1. The Kier molecular flexibility index (Phi) is 3.32. The summed E-state index contributed by atoms with van der Waals surface area (Å²) in [6.45, 7) is 3.97. The maximum absolute atomic E-state index is 11.3. The van der Waals surface area contributed by atoms with Crippen LogP contribution in [0.5, 0.6) is 0 Å². The molecule has 14 heavy (non-hydrogen) atoms. The van der Waals surface area contributed by atoms with Gasteiger partial charge in [0.15, 0.2) is 11.9 Å². The van der Waals surface area contributed by atoms with Gasteiger partial charge in [-0.15, -0.1) is 11.6 Å². The van der Waals surface area contributed by atoms with Crippen molar-refractivity contribution in [2.24, 2.45) is 5.41 Å². The van der Waals surface area contributed by atoms with Crippen molar-refractivity contribution in [3.8, 4) is 0 Å². The van der Waals surface area contributed by atoms with Gasteiger partial charge >= 0.3 is 5.97 Å². The summed E-state index contributed by atoms with van der Waals surface area (Å²) in [5, 5.41) is 0. The van der Waals surface area contributed by atoms with Crippen molar-refractivity contribution in [3.63, 3.8) is 0 Å². The largest absolute Gasteiger partial charge is 0.453 e. The number of carbonyl (C=O) groups excluding carboxylic acids is 2. The Morgan fingerprint density at radius 3 is 2.93 bits per heavy atom. The van der Waals surface area contributed by atoms with Crippen molar-refractivity contribution in [1.29, 1.82) is 0 Å². The predicted octanol–water partition coefficient (Wildman–Crippen LogP) is 1.69. The summed E-state index contributed by atoms with van der Waals surface area (Å²) in [5.74, 6) is -0.924. The molecule has 0 saturated heterocycles. The maximum Gasteiger partial charge on any atom is 0.321 e. The third-order valence-electron chi connectivity index (χ3n) is 2.11. The molecule has 4 heteroatoms. The number of allylic oxidation sites excluding steroid dienone is 1. The molecule has 0 saturated carbocycles. The van der Waals surface area contributed by atoms with E-state index >= 15 is 0 Å². The van der Waals surface area contributed by atoms with Gasteiger partial charge in [0, 0.05) is 6.42 Å². The normalized spacial score (nSPS) is 24.8. The van der Waals surface area contributed by atoms with E-state index in [2.05, 4.69) is 0 Å². The topological polar surface area (TPSA) is 43.4 Å². The van der Waals surface area contributed by atoms with Crippen molar-refractivity contribution in [1.82, 2.24) is 0 Å². The van der Waals surface area contributed by atoms with Crippen LogP contribution in [0.2, 0.25) is 0 Å². The minimum absolute atomic E-state index is 0.106. The van der Waals surface area contributed by atoms with Crippen LogP contribution in [0, 0.1) is 5.41 Å². The number of carbonyl (C=O) groups is 2. The quantitative estimate of drug-likeness (QED) is 0.521. The summed E-state index contributed by atoms with van der Waals surface area (Å²) in [6.07, 6.45) is 3.15. The van der Waals surface area contributed by atoms with Gasteiger partial charge in [0.05, 0.1) is 0 Å². The van der Waals surface area contributed by atoms with E-state index in [9.17, 15) is 9.59 Å². The lowest BCUT2D eigenvalue weighted by atomic mass is 9.81.